The SMILES string of the molecule is CSCCCCCNC(=O)c1ncccc1/C=C/C(=O)O. The molecule has 0 atom stereocenters. The van der Waals surface area contributed by atoms with Crippen molar-refractivity contribution in [2.75, 3.05) is 18.6 Å². The Labute approximate surface area is 128 Å². The first kappa shape index (κ1) is 17.2. The number of hydrogen-bond donors (Lipinski definition) is 2. The number of carboxylic acid groups (broad SMARTS) is 1. The van der Waals surface area contributed by atoms with Crippen LogP contribution in [0.3, 0.4) is 0 Å². The molecule has 0 aromatic carbocycles. The van der Waals surface area contributed by atoms with Crippen molar-refractivity contribution >= 4 is 29.7 Å². The number of thioether (sulfide) groups is 1. The standard InChI is InChI=1S/C15H20N2O3S/c1-21-11-4-2-3-9-17-15(20)14-12(6-5-10-16-14)7-8-13(18)19/h5-8,10H,2-4,9,11H2,1H3,(H,17,20)(H,18,19)/b8-7+. The number of rotatable bonds is 9. The van der Waals surface area contributed by atoms with Gasteiger partial charge in [-0.2, -0.15) is 11.8 Å². The molecule has 2 N–H and O–H groups in total. The van der Waals surface area contributed by atoms with Crippen LogP contribution in [0.5, 0.6) is 0 Å². The molecule has 21 heavy (non-hydrogen) atoms. The third-order valence-corrected chi connectivity index (χ3v) is 3.47. The number of nitrogens with zero attached hydrogens (tertiary/aromatic N) is 1. The molecule has 0 bridgehead atoms. The highest BCUT2D eigenvalue weighted by atomic mass is 32.2. The fourth-order valence-corrected chi connectivity index (χ4v) is 2.23. The molecule has 1 heterocycles. The van der Waals surface area contributed by atoms with Gasteiger partial charge < -0.3 is 10.4 Å². The fraction of sp³-hybridized carbons (Fsp3) is 0.400. The number of carbonyl (C=O) groups excluding carboxylic acids is 1. The van der Waals surface area contributed by atoms with Gasteiger partial charge in [0, 0.05) is 24.4 Å². The molecule has 114 valence electrons. The topological polar surface area (TPSA) is 79.3 Å². The number of aromatic nitrogens is 1. The van der Waals surface area contributed by atoms with E-state index in [1.54, 1.807) is 12.1 Å². The number of hydrogen-bond acceptors (Lipinski definition) is 4. The number of unbranched alkanes of at least 4 members (excludes halogenated alkanes) is 2. The Morgan fingerprint density at radius 1 is 1.38 bits per heavy atom. The van der Waals surface area contributed by atoms with E-state index in [-0.39, 0.29) is 11.6 Å². The van der Waals surface area contributed by atoms with Gasteiger partial charge in [0.2, 0.25) is 0 Å². The van der Waals surface area contributed by atoms with Crippen LogP contribution in [0.1, 0.15) is 35.3 Å². The van der Waals surface area contributed by atoms with E-state index >= 15 is 0 Å². The summed E-state index contributed by atoms with van der Waals surface area (Å²) in [5.74, 6) is -0.192. The molecule has 0 spiro atoms. The van der Waals surface area contributed by atoms with E-state index in [9.17, 15) is 9.59 Å². The monoisotopic (exact) mass is 308 g/mol. The van der Waals surface area contributed by atoms with Crippen LogP contribution in [-0.2, 0) is 4.79 Å². The summed E-state index contributed by atoms with van der Waals surface area (Å²) in [5, 5.41) is 11.5. The highest BCUT2D eigenvalue weighted by molar-refractivity contribution is 7.98. The molecule has 0 saturated heterocycles. The lowest BCUT2D eigenvalue weighted by Crippen LogP contribution is -2.26. The van der Waals surface area contributed by atoms with Gasteiger partial charge in [-0.1, -0.05) is 12.5 Å². The van der Waals surface area contributed by atoms with Crippen molar-refractivity contribution in [1.82, 2.24) is 10.3 Å². The first-order chi connectivity index (χ1) is 10.1. The molecule has 1 aromatic rings. The van der Waals surface area contributed by atoms with Crippen molar-refractivity contribution in [3.63, 3.8) is 0 Å². The minimum Gasteiger partial charge on any atom is -0.478 e. The molecule has 0 aliphatic carbocycles. The lowest BCUT2D eigenvalue weighted by atomic mass is 10.1. The van der Waals surface area contributed by atoms with Crippen molar-refractivity contribution < 1.29 is 14.7 Å². The number of aliphatic carboxylic acids is 1. The van der Waals surface area contributed by atoms with Gasteiger partial charge in [0.25, 0.3) is 5.91 Å². The summed E-state index contributed by atoms with van der Waals surface area (Å²) < 4.78 is 0. The summed E-state index contributed by atoms with van der Waals surface area (Å²) >= 11 is 1.82. The van der Waals surface area contributed by atoms with Crippen LogP contribution in [-0.4, -0.2) is 40.5 Å². The minimum absolute atomic E-state index is 0.249. The highest BCUT2D eigenvalue weighted by Crippen LogP contribution is 2.08. The summed E-state index contributed by atoms with van der Waals surface area (Å²) in [5.41, 5.74) is 0.749. The van der Waals surface area contributed by atoms with E-state index in [1.807, 2.05) is 11.8 Å². The molecule has 0 saturated carbocycles. The first-order valence-corrected chi connectivity index (χ1v) is 8.17. The third kappa shape index (κ3) is 6.94. The molecule has 5 nitrogen and oxygen atoms in total. The Bertz CT molecular complexity index is 503. The molecule has 1 aromatic heterocycles. The highest BCUT2D eigenvalue weighted by Gasteiger charge is 2.10. The van der Waals surface area contributed by atoms with Crippen molar-refractivity contribution in [2.45, 2.75) is 19.3 Å². The average Bonchev–Trinajstić information content (AvgIpc) is 2.48. The van der Waals surface area contributed by atoms with Gasteiger partial charge in [0.05, 0.1) is 0 Å². The Kier molecular flexibility index (Phi) is 8.19. The molecule has 1 amide bonds. The summed E-state index contributed by atoms with van der Waals surface area (Å²) in [6.45, 7) is 0.603. The number of pyridine rings is 1. The molecule has 0 unspecified atom stereocenters. The second-order valence-electron chi connectivity index (χ2n) is 4.42. The molecular formula is C15H20N2O3S. The first-order valence-electron chi connectivity index (χ1n) is 6.78. The van der Waals surface area contributed by atoms with E-state index < -0.39 is 5.97 Å². The zero-order valence-electron chi connectivity index (χ0n) is 12.0. The Hall–Kier alpha value is -1.82. The maximum Gasteiger partial charge on any atom is 0.328 e. The number of carboxylic acids is 1. The van der Waals surface area contributed by atoms with Crippen molar-refractivity contribution in [2.24, 2.45) is 0 Å². The fourth-order valence-electron chi connectivity index (χ4n) is 1.74. The zero-order chi connectivity index (χ0) is 15.5. The van der Waals surface area contributed by atoms with E-state index in [1.165, 1.54) is 12.3 Å². The predicted octanol–water partition coefficient (Wildman–Crippen LogP) is 2.44. The van der Waals surface area contributed by atoms with E-state index in [2.05, 4.69) is 16.6 Å². The van der Waals surface area contributed by atoms with Crippen LogP contribution in [0.2, 0.25) is 0 Å². The Morgan fingerprint density at radius 3 is 2.90 bits per heavy atom. The Morgan fingerprint density at radius 2 is 2.19 bits per heavy atom. The maximum absolute atomic E-state index is 12.0. The third-order valence-electron chi connectivity index (χ3n) is 2.77. The summed E-state index contributed by atoms with van der Waals surface area (Å²) in [4.78, 5) is 26.6. The van der Waals surface area contributed by atoms with Crippen LogP contribution >= 0.6 is 11.8 Å². The maximum atomic E-state index is 12.0. The van der Waals surface area contributed by atoms with Crippen LogP contribution < -0.4 is 5.32 Å². The van der Waals surface area contributed by atoms with E-state index in [4.69, 9.17) is 5.11 Å². The van der Waals surface area contributed by atoms with Gasteiger partial charge in [0.1, 0.15) is 5.69 Å². The van der Waals surface area contributed by atoms with Gasteiger partial charge in [-0.15, -0.1) is 0 Å². The second kappa shape index (κ2) is 9.99. The second-order valence-corrected chi connectivity index (χ2v) is 5.41. The average molecular weight is 308 g/mol. The summed E-state index contributed by atoms with van der Waals surface area (Å²) in [7, 11) is 0. The van der Waals surface area contributed by atoms with Crippen LogP contribution in [0.15, 0.2) is 24.4 Å². The predicted molar refractivity (Wildman–Crippen MR) is 85.5 cm³/mol. The van der Waals surface area contributed by atoms with Gasteiger partial charge in [-0.25, -0.2) is 4.79 Å². The number of nitrogens with one attached hydrogen (secondary N) is 1. The molecule has 0 fully saturated rings. The zero-order valence-corrected chi connectivity index (χ0v) is 12.9. The molecule has 6 heteroatoms. The van der Waals surface area contributed by atoms with Crippen molar-refractivity contribution in [3.8, 4) is 0 Å². The summed E-state index contributed by atoms with van der Waals surface area (Å²) in [6, 6.07) is 3.33. The van der Waals surface area contributed by atoms with E-state index in [0.717, 1.165) is 31.1 Å². The molecule has 0 aliphatic heterocycles. The quantitative estimate of drug-likeness (QED) is 0.541. The molecule has 1 rings (SSSR count). The largest absolute Gasteiger partial charge is 0.478 e. The van der Waals surface area contributed by atoms with Crippen LogP contribution in [0.25, 0.3) is 6.08 Å². The van der Waals surface area contributed by atoms with Gasteiger partial charge >= 0.3 is 5.97 Å². The number of carbonyl (C=O) groups is 2. The molecule has 0 radical (unpaired) electrons. The van der Waals surface area contributed by atoms with Crippen molar-refractivity contribution in [3.05, 3.63) is 35.7 Å². The minimum atomic E-state index is -1.06. The lowest BCUT2D eigenvalue weighted by Gasteiger charge is -2.06. The number of amides is 1. The molecular weight excluding hydrogens is 288 g/mol. The van der Waals surface area contributed by atoms with Crippen molar-refractivity contribution in [1.29, 1.82) is 0 Å². The van der Waals surface area contributed by atoms with E-state index in [0.29, 0.717) is 12.1 Å². The van der Waals surface area contributed by atoms with Crippen LogP contribution in [0, 0.1) is 0 Å². The van der Waals surface area contributed by atoms with Gasteiger partial charge in [0.15, 0.2) is 0 Å². The normalized spacial score (nSPS) is 10.7. The van der Waals surface area contributed by atoms with Gasteiger partial charge in [-0.05, 0) is 37.0 Å². The Balaban J connectivity index is 2.52. The smallest absolute Gasteiger partial charge is 0.328 e. The summed E-state index contributed by atoms with van der Waals surface area (Å²) in [6.07, 6.45) is 9.13. The van der Waals surface area contributed by atoms with Crippen LogP contribution in [0.4, 0.5) is 0 Å². The molecule has 0 aliphatic rings. The lowest BCUT2D eigenvalue weighted by molar-refractivity contribution is -0.131. The van der Waals surface area contributed by atoms with Gasteiger partial charge in [-0.3, -0.25) is 9.78 Å².